The number of hydrogen-bond acceptors (Lipinski definition) is 8. The molecule has 0 aliphatic carbocycles. The summed E-state index contributed by atoms with van der Waals surface area (Å²) in [5, 5.41) is 11.5. The van der Waals surface area contributed by atoms with Gasteiger partial charge >= 0.3 is 0 Å². The van der Waals surface area contributed by atoms with Crippen molar-refractivity contribution in [3.63, 3.8) is 0 Å². The molecule has 4 aromatic rings. The van der Waals surface area contributed by atoms with Crippen LogP contribution in [0.4, 0.5) is 11.6 Å². The van der Waals surface area contributed by atoms with Crippen LogP contribution < -0.4 is 5.32 Å². The summed E-state index contributed by atoms with van der Waals surface area (Å²) >= 11 is 0. The van der Waals surface area contributed by atoms with E-state index in [9.17, 15) is 4.79 Å². The van der Waals surface area contributed by atoms with Crippen molar-refractivity contribution < 1.29 is 9.32 Å². The number of likely N-dealkylation sites (tertiary alicyclic amines) is 1. The number of hydrogen-bond donors (Lipinski definition) is 1. The zero-order valence-electron chi connectivity index (χ0n) is 18.0. The van der Waals surface area contributed by atoms with E-state index < -0.39 is 0 Å². The van der Waals surface area contributed by atoms with Crippen molar-refractivity contribution in [2.45, 2.75) is 19.3 Å². The third kappa shape index (κ3) is 3.82. The Hall–Kier alpha value is -4.08. The molecular formula is C22H22N8O2. The number of nitrogens with one attached hydrogen (secondary N) is 1. The maximum atomic E-state index is 12.3. The third-order valence-electron chi connectivity index (χ3n) is 5.39. The molecule has 1 aliphatic heterocycles. The van der Waals surface area contributed by atoms with Crippen LogP contribution in [0.15, 0.2) is 47.2 Å². The number of aromatic nitrogens is 6. The lowest BCUT2D eigenvalue weighted by molar-refractivity contribution is -0.128. The summed E-state index contributed by atoms with van der Waals surface area (Å²) in [7, 11) is 3.64. The van der Waals surface area contributed by atoms with Gasteiger partial charge in [0.2, 0.25) is 11.9 Å². The smallest absolute Gasteiger partial charge is 0.233 e. The minimum absolute atomic E-state index is 0.0551. The zero-order valence-corrected chi connectivity index (χ0v) is 18.0. The molecule has 162 valence electrons. The number of rotatable bonds is 5. The van der Waals surface area contributed by atoms with Crippen molar-refractivity contribution in [2.24, 2.45) is 7.05 Å². The highest BCUT2D eigenvalue weighted by Gasteiger charge is 2.33. The molecule has 0 bridgehead atoms. The highest BCUT2D eigenvalue weighted by molar-refractivity contribution is 5.85. The fourth-order valence-corrected chi connectivity index (χ4v) is 3.75. The first kappa shape index (κ1) is 19.9. The van der Waals surface area contributed by atoms with Gasteiger partial charge in [0.25, 0.3) is 0 Å². The number of pyridine rings is 1. The van der Waals surface area contributed by atoms with Gasteiger partial charge in [-0.1, -0.05) is 11.2 Å². The van der Waals surface area contributed by atoms with Crippen LogP contribution in [0.5, 0.6) is 0 Å². The Morgan fingerprint density at radius 3 is 2.59 bits per heavy atom. The molecule has 1 aliphatic rings. The van der Waals surface area contributed by atoms with Crippen molar-refractivity contribution in [3.8, 4) is 22.8 Å². The summed E-state index contributed by atoms with van der Waals surface area (Å²) in [6.07, 6.45) is 4.28. The van der Waals surface area contributed by atoms with E-state index in [2.05, 4.69) is 25.5 Å². The summed E-state index contributed by atoms with van der Waals surface area (Å²) in [5.74, 6) is 0.810. The predicted molar refractivity (Wildman–Crippen MR) is 117 cm³/mol. The molecule has 0 aromatic carbocycles. The van der Waals surface area contributed by atoms with Crippen molar-refractivity contribution in [2.75, 3.05) is 18.9 Å². The number of likely N-dealkylation sites (N-methyl/N-ethyl adjacent to an activating group) is 1. The molecule has 10 nitrogen and oxygen atoms in total. The predicted octanol–water partition coefficient (Wildman–Crippen LogP) is 2.92. The van der Waals surface area contributed by atoms with Gasteiger partial charge in [-0.15, -0.1) is 0 Å². The van der Waals surface area contributed by atoms with E-state index in [1.807, 2.05) is 44.4 Å². The highest BCUT2D eigenvalue weighted by atomic mass is 16.5. The number of amides is 1. The van der Waals surface area contributed by atoms with Crippen LogP contribution in [0, 0.1) is 6.92 Å². The Balaban J connectivity index is 1.43. The molecule has 1 atom stereocenters. The van der Waals surface area contributed by atoms with Crippen LogP contribution in [-0.2, 0) is 11.8 Å². The average molecular weight is 430 g/mol. The Labute approximate surface area is 184 Å². The van der Waals surface area contributed by atoms with Gasteiger partial charge in [-0.2, -0.15) is 5.10 Å². The molecule has 5 heterocycles. The van der Waals surface area contributed by atoms with Crippen LogP contribution in [0.25, 0.3) is 22.8 Å². The monoisotopic (exact) mass is 430 g/mol. The molecule has 10 heteroatoms. The summed E-state index contributed by atoms with van der Waals surface area (Å²) in [4.78, 5) is 27.8. The average Bonchev–Trinajstić information content (AvgIpc) is 3.49. The van der Waals surface area contributed by atoms with Crippen LogP contribution in [0.2, 0.25) is 0 Å². The minimum Gasteiger partial charge on any atom is -0.360 e. The van der Waals surface area contributed by atoms with Gasteiger partial charge in [-0.25, -0.2) is 15.0 Å². The first-order valence-electron chi connectivity index (χ1n) is 10.3. The van der Waals surface area contributed by atoms with Crippen LogP contribution >= 0.6 is 0 Å². The van der Waals surface area contributed by atoms with Gasteiger partial charge in [0.1, 0.15) is 17.4 Å². The Morgan fingerprint density at radius 1 is 1.06 bits per heavy atom. The molecular weight excluding hydrogens is 408 g/mol. The summed E-state index contributed by atoms with van der Waals surface area (Å²) in [5.41, 5.74) is 4.21. The van der Waals surface area contributed by atoms with Crippen molar-refractivity contribution >= 4 is 17.5 Å². The SMILES string of the molecule is Cc1cc(-c2cccc(-c3cc(C4CCN(C)C4=O)on3)n2)nc(Nc2cnn(C)c2)n1. The number of carbonyl (C=O) groups is 1. The molecule has 0 spiro atoms. The second-order valence-electron chi connectivity index (χ2n) is 7.87. The molecule has 1 amide bonds. The van der Waals surface area contributed by atoms with Crippen LogP contribution in [0.3, 0.4) is 0 Å². The van der Waals surface area contributed by atoms with E-state index in [-0.39, 0.29) is 11.8 Å². The number of carbonyl (C=O) groups excluding carboxylic acids is 1. The fraction of sp³-hybridized carbons (Fsp3) is 0.273. The summed E-state index contributed by atoms with van der Waals surface area (Å²) in [6, 6.07) is 9.31. The number of anilines is 2. The standard InChI is InChI=1S/C22H22N8O2/c1-13-9-18(27-22(24-13)25-14-11-23-30(3)12-14)16-5-4-6-17(26-16)19-10-20(32-28-19)15-7-8-29(2)21(15)31/h4-6,9-12,15H,7-8H2,1-3H3,(H,24,25,27). The molecule has 0 saturated carbocycles. The molecule has 4 aromatic heterocycles. The number of nitrogens with zero attached hydrogens (tertiary/aromatic N) is 7. The van der Waals surface area contributed by atoms with Gasteiger partial charge in [-0.05, 0) is 31.5 Å². The van der Waals surface area contributed by atoms with Crippen LogP contribution in [0.1, 0.15) is 23.8 Å². The van der Waals surface area contributed by atoms with E-state index in [0.29, 0.717) is 34.5 Å². The van der Waals surface area contributed by atoms with E-state index >= 15 is 0 Å². The third-order valence-corrected chi connectivity index (χ3v) is 5.39. The fourth-order valence-electron chi connectivity index (χ4n) is 3.75. The molecule has 1 saturated heterocycles. The molecule has 1 N–H and O–H groups in total. The van der Waals surface area contributed by atoms with Gasteiger partial charge < -0.3 is 14.7 Å². The van der Waals surface area contributed by atoms with E-state index in [1.54, 1.807) is 28.9 Å². The molecule has 1 fully saturated rings. The van der Waals surface area contributed by atoms with Crippen LogP contribution in [-0.4, -0.2) is 54.3 Å². The maximum absolute atomic E-state index is 12.3. The maximum Gasteiger partial charge on any atom is 0.233 e. The quantitative estimate of drug-likeness (QED) is 0.514. The lowest BCUT2D eigenvalue weighted by Crippen LogP contribution is -2.21. The Morgan fingerprint density at radius 2 is 1.88 bits per heavy atom. The van der Waals surface area contributed by atoms with E-state index in [4.69, 9.17) is 9.51 Å². The first-order chi connectivity index (χ1) is 15.5. The molecule has 5 rings (SSSR count). The second kappa shape index (κ2) is 7.88. The Bertz CT molecular complexity index is 1290. The molecule has 0 radical (unpaired) electrons. The van der Waals surface area contributed by atoms with Crippen molar-refractivity contribution in [1.82, 2.24) is 34.8 Å². The van der Waals surface area contributed by atoms with E-state index in [0.717, 1.165) is 24.3 Å². The van der Waals surface area contributed by atoms with Gasteiger partial charge in [-0.3, -0.25) is 9.48 Å². The minimum atomic E-state index is -0.282. The topological polar surface area (TPSA) is 115 Å². The van der Waals surface area contributed by atoms with Crippen molar-refractivity contribution in [1.29, 1.82) is 0 Å². The zero-order chi connectivity index (χ0) is 22.2. The van der Waals surface area contributed by atoms with E-state index in [1.165, 1.54) is 0 Å². The highest BCUT2D eigenvalue weighted by Crippen LogP contribution is 2.31. The van der Waals surface area contributed by atoms with Crippen molar-refractivity contribution in [3.05, 3.63) is 54.2 Å². The Kier molecular flexibility index (Phi) is 4.89. The lowest BCUT2D eigenvalue weighted by atomic mass is 10.0. The normalized spacial score (nSPS) is 16.0. The van der Waals surface area contributed by atoms with Gasteiger partial charge in [0.05, 0.1) is 29.0 Å². The summed E-state index contributed by atoms with van der Waals surface area (Å²) < 4.78 is 7.19. The molecule has 1 unspecified atom stereocenters. The number of aryl methyl sites for hydroxylation is 2. The van der Waals surface area contributed by atoms with Gasteiger partial charge in [0.15, 0.2) is 0 Å². The lowest BCUT2D eigenvalue weighted by Gasteiger charge is -2.07. The largest absolute Gasteiger partial charge is 0.360 e. The summed E-state index contributed by atoms with van der Waals surface area (Å²) in [6.45, 7) is 2.62. The van der Waals surface area contributed by atoms with Gasteiger partial charge in [0, 0.05) is 38.6 Å². The first-order valence-corrected chi connectivity index (χ1v) is 10.3. The molecule has 32 heavy (non-hydrogen) atoms. The second-order valence-corrected chi connectivity index (χ2v) is 7.87.